The van der Waals surface area contributed by atoms with E-state index >= 15 is 0 Å². The standard InChI is InChI=1S/C12H19N3O/c1-9(16)10-4-6-15(7-5-10)11-2-3-12(13)14-8-11/h2-3,8-10,16H,4-7H2,1H3,(H2,13,14)/t9-/m0/s1. The fourth-order valence-corrected chi connectivity index (χ4v) is 2.22. The molecule has 3 N–H and O–H groups in total. The summed E-state index contributed by atoms with van der Waals surface area (Å²) >= 11 is 0. The molecule has 88 valence electrons. The zero-order valence-corrected chi connectivity index (χ0v) is 9.63. The van der Waals surface area contributed by atoms with E-state index in [1.807, 2.05) is 25.3 Å². The van der Waals surface area contributed by atoms with Crippen LogP contribution in [0, 0.1) is 5.92 Å². The summed E-state index contributed by atoms with van der Waals surface area (Å²) in [4.78, 5) is 6.39. The van der Waals surface area contributed by atoms with Crippen molar-refractivity contribution in [1.29, 1.82) is 0 Å². The lowest BCUT2D eigenvalue weighted by molar-refractivity contribution is 0.110. The molecule has 0 aromatic carbocycles. The molecule has 1 saturated heterocycles. The number of rotatable bonds is 2. The van der Waals surface area contributed by atoms with E-state index in [0.29, 0.717) is 11.7 Å². The van der Waals surface area contributed by atoms with Crippen LogP contribution in [0.3, 0.4) is 0 Å². The molecule has 1 aliphatic rings. The molecule has 0 bridgehead atoms. The van der Waals surface area contributed by atoms with Crippen LogP contribution in [0.2, 0.25) is 0 Å². The van der Waals surface area contributed by atoms with Gasteiger partial charge in [0.15, 0.2) is 0 Å². The number of pyridine rings is 1. The first-order valence-corrected chi connectivity index (χ1v) is 5.81. The molecule has 4 heteroatoms. The number of nitrogen functional groups attached to an aromatic ring is 1. The van der Waals surface area contributed by atoms with Gasteiger partial charge in [0.25, 0.3) is 0 Å². The summed E-state index contributed by atoms with van der Waals surface area (Å²) in [5, 5.41) is 9.52. The zero-order valence-electron chi connectivity index (χ0n) is 9.63. The third-order valence-electron chi connectivity index (χ3n) is 3.36. The van der Waals surface area contributed by atoms with Crippen molar-refractivity contribution in [3.05, 3.63) is 18.3 Å². The van der Waals surface area contributed by atoms with Crippen molar-refractivity contribution in [3.63, 3.8) is 0 Å². The molecule has 1 aliphatic heterocycles. The fourth-order valence-electron chi connectivity index (χ4n) is 2.22. The van der Waals surface area contributed by atoms with Crippen LogP contribution in [0.4, 0.5) is 11.5 Å². The number of aromatic nitrogens is 1. The molecule has 1 aromatic heterocycles. The Hall–Kier alpha value is -1.29. The number of piperidine rings is 1. The van der Waals surface area contributed by atoms with Crippen LogP contribution in [-0.4, -0.2) is 29.3 Å². The Morgan fingerprint density at radius 2 is 2.12 bits per heavy atom. The molecule has 0 amide bonds. The minimum atomic E-state index is -0.188. The van der Waals surface area contributed by atoms with E-state index < -0.39 is 0 Å². The van der Waals surface area contributed by atoms with Gasteiger partial charge in [0, 0.05) is 13.1 Å². The Morgan fingerprint density at radius 3 is 2.62 bits per heavy atom. The van der Waals surface area contributed by atoms with Crippen molar-refractivity contribution >= 4 is 11.5 Å². The lowest BCUT2D eigenvalue weighted by Gasteiger charge is -2.34. The average molecular weight is 221 g/mol. The van der Waals surface area contributed by atoms with E-state index in [-0.39, 0.29) is 6.10 Å². The summed E-state index contributed by atoms with van der Waals surface area (Å²) in [5.41, 5.74) is 6.68. The predicted molar refractivity (Wildman–Crippen MR) is 65.3 cm³/mol. The maximum atomic E-state index is 9.52. The maximum absolute atomic E-state index is 9.52. The largest absolute Gasteiger partial charge is 0.393 e. The highest BCUT2D eigenvalue weighted by atomic mass is 16.3. The van der Waals surface area contributed by atoms with Crippen molar-refractivity contribution in [2.45, 2.75) is 25.9 Å². The third kappa shape index (κ3) is 2.44. The fraction of sp³-hybridized carbons (Fsp3) is 0.583. The quantitative estimate of drug-likeness (QED) is 0.789. The number of hydrogen-bond acceptors (Lipinski definition) is 4. The van der Waals surface area contributed by atoms with E-state index in [0.717, 1.165) is 31.6 Å². The molecule has 2 heterocycles. The highest BCUT2D eigenvalue weighted by Crippen LogP contribution is 2.24. The summed E-state index contributed by atoms with van der Waals surface area (Å²) in [5.74, 6) is 1.00. The molecule has 1 aromatic rings. The van der Waals surface area contributed by atoms with Crippen molar-refractivity contribution in [2.75, 3.05) is 23.7 Å². The number of hydrogen-bond donors (Lipinski definition) is 2. The van der Waals surface area contributed by atoms with Gasteiger partial charge in [-0.1, -0.05) is 0 Å². The van der Waals surface area contributed by atoms with E-state index in [1.165, 1.54) is 0 Å². The molecule has 0 radical (unpaired) electrons. The lowest BCUT2D eigenvalue weighted by Crippen LogP contribution is -2.37. The van der Waals surface area contributed by atoms with Crippen LogP contribution >= 0.6 is 0 Å². The lowest BCUT2D eigenvalue weighted by atomic mass is 9.92. The van der Waals surface area contributed by atoms with Crippen LogP contribution in [-0.2, 0) is 0 Å². The highest BCUT2D eigenvalue weighted by Gasteiger charge is 2.22. The topological polar surface area (TPSA) is 62.4 Å². The van der Waals surface area contributed by atoms with E-state index in [2.05, 4.69) is 9.88 Å². The summed E-state index contributed by atoms with van der Waals surface area (Å²) in [7, 11) is 0. The second-order valence-electron chi connectivity index (χ2n) is 4.51. The molecular formula is C12H19N3O. The third-order valence-corrected chi connectivity index (χ3v) is 3.36. The summed E-state index contributed by atoms with van der Waals surface area (Å²) in [6.07, 6.45) is 3.72. The van der Waals surface area contributed by atoms with Crippen LogP contribution in [0.1, 0.15) is 19.8 Å². The molecule has 1 fully saturated rings. The highest BCUT2D eigenvalue weighted by molar-refractivity contribution is 5.48. The Kier molecular flexibility index (Phi) is 3.29. The molecule has 0 unspecified atom stereocenters. The first kappa shape index (κ1) is 11.2. The van der Waals surface area contributed by atoms with Crippen molar-refractivity contribution in [2.24, 2.45) is 5.92 Å². The van der Waals surface area contributed by atoms with Gasteiger partial charge in [-0.3, -0.25) is 0 Å². The Bertz CT molecular complexity index is 329. The number of aliphatic hydroxyl groups excluding tert-OH is 1. The van der Waals surface area contributed by atoms with Crippen molar-refractivity contribution in [1.82, 2.24) is 4.98 Å². The zero-order chi connectivity index (χ0) is 11.5. The molecule has 1 atom stereocenters. The molecule has 2 rings (SSSR count). The summed E-state index contributed by atoms with van der Waals surface area (Å²) in [6, 6.07) is 3.83. The van der Waals surface area contributed by atoms with Crippen molar-refractivity contribution < 1.29 is 5.11 Å². The van der Waals surface area contributed by atoms with Crippen LogP contribution in [0.25, 0.3) is 0 Å². The number of nitrogens with two attached hydrogens (primary N) is 1. The number of anilines is 2. The second kappa shape index (κ2) is 4.70. The van der Waals surface area contributed by atoms with Crippen LogP contribution in [0.15, 0.2) is 18.3 Å². The Morgan fingerprint density at radius 1 is 1.44 bits per heavy atom. The SMILES string of the molecule is C[C@H](O)C1CCN(c2ccc(N)nc2)CC1. The molecular weight excluding hydrogens is 202 g/mol. The normalized spacial score (nSPS) is 19.8. The van der Waals surface area contributed by atoms with Gasteiger partial charge in [-0.25, -0.2) is 4.98 Å². The summed E-state index contributed by atoms with van der Waals surface area (Å²) in [6.45, 7) is 3.85. The number of nitrogens with zero attached hydrogens (tertiary/aromatic N) is 2. The van der Waals surface area contributed by atoms with Gasteiger partial charge < -0.3 is 15.7 Å². The molecule has 0 spiro atoms. The predicted octanol–water partition coefficient (Wildman–Crippen LogP) is 1.26. The van der Waals surface area contributed by atoms with Gasteiger partial charge in [0.2, 0.25) is 0 Å². The first-order chi connectivity index (χ1) is 7.66. The van der Waals surface area contributed by atoms with E-state index in [4.69, 9.17) is 5.73 Å². The average Bonchev–Trinajstić information content (AvgIpc) is 2.30. The van der Waals surface area contributed by atoms with Crippen LogP contribution < -0.4 is 10.6 Å². The molecule has 0 saturated carbocycles. The van der Waals surface area contributed by atoms with Crippen LogP contribution in [0.5, 0.6) is 0 Å². The Labute approximate surface area is 96.1 Å². The van der Waals surface area contributed by atoms with Gasteiger partial charge in [-0.05, 0) is 37.8 Å². The molecule has 0 aliphatic carbocycles. The first-order valence-electron chi connectivity index (χ1n) is 5.81. The smallest absolute Gasteiger partial charge is 0.123 e. The van der Waals surface area contributed by atoms with Gasteiger partial charge in [0.1, 0.15) is 5.82 Å². The Balaban J connectivity index is 1.96. The maximum Gasteiger partial charge on any atom is 0.123 e. The monoisotopic (exact) mass is 221 g/mol. The minimum absolute atomic E-state index is 0.188. The van der Waals surface area contributed by atoms with Gasteiger partial charge in [-0.2, -0.15) is 0 Å². The number of aliphatic hydroxyl groups is 1. The van der Waals surface area contributed by atoms with Gasteiger partial charge in [-0.15, -0.1) is 0 Å². The summed E-state index contributed by atoms with van der Waals surface area (Å²) < 4.78 is 0. The van der Waals surface area contributed by atoms with Gasteiger partial charge in [0.05, 0.1) is 18.0 Å². The van der Waals surface area contributed by atoms with Gasteiger partial charge >= 0.3 is 0 Å². The minimum Gasteiger partial charge on any atom is -0.393 e. The van der Waals surface area contributed by atoms with Crippen molar-refractivity contribution in [3.8, 4) is 0 Å². The molecule has 16 heavy (non-hydrogen) atoms. The second-order valence-corrected chi connectivity index (χ2v) is 4.51. The van der Waals surface area contributed by atoms with E-state index in [1.54, 1.807) is 0 Å². The van der Waals surface area contributed by atoms with E-state index in [9.17, 15) is 5.11 Å². The molecule has 4 nitrogen and oxygen atoms in total.